The first-order valence-corrected chi connectivity index (χ1v) is 5.09. The summed E-state index contributed by atoms with van der Waals surface area (Å²) in [7, 11) is 2.27. The van der Waals surface area contributed by atoms with Gasteiger partial charge in [0.2, 0.25) is 0 Å². The van der Waals surface area contributed by atoms with Crippen molar-refractivity contribution in [1.82, 2.24) is 0 Å². The van der Waals surface area contributed by atoms with Gasteiger partial charge < -0.3 is 9.04 Å². The third-order valence-electron chi connectivity index (χ3n) is 0.881. The van der Waals surface area contributed by atoms with Gasteiger partial charge in [0.1, 0.15) is 10.1 Å². The van der Waals surface area contributed by atoms with Crippen LogP contribution in [0.2, 0.25) is 0 Å². The molecule has 0 fully saturated rings. The van der Waals surface area contributed by atoms with Crippen molar-refractivity contribution < 1.29 is 17.5 Å². The van der Waals surface area contributed by atoms with E-state index in [1.165, 1.54) is 0 Å². The van der Waals surface area contributed by atoms with Crippen LogP contribution in [0.15, 0.2) is 24.6 Å². The molecule has 0 unspecified atom stereocenters. The van der Waals surface area contributed by atoms with Gasteiger partial charge in [-0.2, -0.15) is 0 Å². The Kier molecular flexibility index (Phi) is 6.75. The normalized spacial score (nSPS) is 11.1. The summed E-state index contributed by atoms with van der Waals surface area (Å²) >= 11 is 0. The molecule has 0 aromatic heterocycles. The fraction of sp³-hybridized carbons (Fsp3) is 0.500. The number of hydrogen-bond donors (Lipinski definition) is 0. The van der Waals surface area contributed by atoms with E-state index in [0.717, 1.165) is 11.0 Å². The lowest BCUT2D eigenvalue weighted by Crippen LogP contribution is -2.33. The lowest BCUT2D eigenvalue weighted by Gasteiger charge is -2.21. The van der Waals surface area contributed by atoms with E-state index in [2.05, 4.69) is 34.3 Å². The molecule has 13 heavy (non-hydrogen) atoms. The van der Waals surface area contributed by atoms with E-state index in [-0.39, 0.29) is 0 Å². The van der Waals surface area contributed by atoms with Gasteiger partial charge in [-0.3, -0.25) is 0 Å². The number of quaternary nitrogens is 1. The van der Waals surface area contributed by atoms with Crippen LogP contribution in [0.5, 0.6) is 0 Å². The molecule has 5 heteroatoms. The number of hydrogen-bond acceptors (Lipinski definition) is 3. The Hall–Kier alpha value is -0.650. The molecule has 0 aliphatic carbocycles. The molecule has 4 nitrogen and oxygen atoms in total. The van der Waals surface area contributed by atoms with Crippen LogP contribution >= 0.6 is 0 Å². The van der Waals surface area contributed by atoms with Gasteiger partial charge in [0.05, 0.1) is 27.7 Å². The predicted octanol–water partition coefficient (Wildman–Crippen LogP) is 0.554. The van der Waals surface area contributed by atoms with Crippen LogP contribution in [0, 0.1) is 0 Å². The first-order valence-electron chi connectivity index (χ1n) is 3.62. The highest BCUT2D eigenvalue weighted by Gasteiger charge is 1.99. The summed E-state index contributed by atoms with van der Waals surface area (Å²) in [5, 5.41) is 0.354. The molecule has 0 atom stereocenters. The third kappa shape index (κ3) is 24.6. The number of nitrogens with zero attached hydrogens (tertiary/aromatic N) is 1. The second-order valence-electron chi connectivity index (χ2n) is 3.42. The molecule has 0 N–H and O–H groups in total. The molecule has 0 saturated heterocycles. The molecule has 0 rings (SSSR count). The molecule has 0 heterocycles. The van der Waals surface area contributed by atoms with Crippen LogP contribution in [0.25, 0.3) is 0 Å². The molecule has 0 aliphatic rings. The van der Waals surface area contributed by atoms with Gasteiger partial charge in [-0.25, -0.2) is 8.42 Å². The molecule has 78 valence electrons. The van der Waals surface area contributed by atoms with E-state index in [9.17, 15) is 13.0 Å². The average molecular weight is 207 g/mol. The Morgan fingerprint density at radius 2 is 1.62 bits per heavy atom. The minimum atomic E-state index is -4.15. The van der Waals surface area contributed by atoms with Gasteiger partial charge in [0.15, 0.2) is 0 Å². The van der Waals surface area contributed by atoms with Crippen molar-refractivity contribution in [2.24, 2.45) is 0 Å². The molecule has 0 radical (unpaired) electrons. The van der Waals surface area contributed by atoms with Crippen molar-refractivity contribution in [2.45, 2.75) is 0 Å². The van der Waals surface area contributed by atoms with Crippen molar-refractivity contribution in [3.8, 4) is 0 Å². The van der Waals surface area contributed by atoms with Crippen molar-refractivity contribution >= 4 is 10.1 Å². The van der Waals surface area contributed by atoms with Crippen LogP contribution in [0.1, 0.15) is 0 Å². The Morgan fingerprint density at radius 1 is 1.31 bits per heavy atom. The zero-order valence-corrected chi connectivity index (χ0v) is 9.17. The van der Waals surface area contributed by atoms with Gasteiger partial charge >= 0.3 is 0 Å². The average Bonchev–Trinajstić information content (AvgIpc) is 1.84. The Bertz CT molecular complexity index is 237. The summed E-state index contributed by atoms with van der Waals surface area (Å²) in [6, 6.07) is 0. The van der Waals surface area contributed by atoms with E-state index >= 15 is 0 Å². The Labute approximate surface area is 80.5 Å². The molecular formula is C8H17NO3S. The van der Waals surface area contributed by atoms with Crippen LogP contribution in [-0.4, -0.2) is 45.1 Å². The highest BCUT2D eigenvalue weighted by molar-refractivity contribution is 7.88. The number of likely N-dealkylation sites (N-methyl/N-ethyl adjacent to an activating group) is 1. The maximum Gasteiger partial charge on any atom is 0.116 e. The summed E-state index contributed by atoms with van der Waals surface area (Å²) in [4.78, 5) is 0. The zero-order chi connectivity index (χ0) is 11.1. The van der Waals surface area contributed by atoms with E-state index in [1.807, 2.05) is 6.08 Å². The summed E-state index contributed by atoms with van der Waals surface area (Å²) in [5.41, 5.74) is 0. The highest BCUT2D eigenvalue weighted by atomic mass is 32.2. The van der Waals surface area contributed by atoms with Gasteiger partial charge in [0.25, 0.3) is 0 Å². The summed E-state index contributed by atoms with van der Waals surface area (Å²) in [5.74, 6) is 0. The first kappa shape index (κ1) is 14.9. The Morgan fingerprint density at radius 3 is 1.62 bits per heavy atom. The quantitative estimate of drug-likeness (QED) is 0.386. The maximum atomic E-state index is 9.33. The van der Waals surface area contributed by atoms with E-state index < -0.39 is 10.1 Å². The molecular weight excluding hydrogens is 190 g/mol. The molecule has 0 aromatic carbocycles. The van der Waals surface area contributed by atoms with Gasteiger partial charge in [0, 0.05) is 5.41 Å². The zero-order valence-electron chi connectivity index (χ0n) is 8.36. The summed E-state index contributed by atoms with van der Waals surface area (Å²) in [6.07, 6.45) is 1.93. The van der Waals surface area contributed by atoms with Crippen LogP contribution < -0.4 is 0 Å². The summed E-state index contributed by atoms with van der Waals surface area (Å²) in [6.45, 7) is 7.40. The largest absolute Gasteiger partial charge is 0.745 e. The SMILES string of the molecule is C=CC[N+](C)(C)C.C=CS(=O)(=O)[O-]. The smallest absolute Gasteiger partial charge is 0.116 e. The Balaban J connectivity index is 0. The van der Waals surface area contributed by atoms with Crippen LogP contribution in [-0.2, 0) is 10.1 Å². The predicted molar refractivity (Wildman–Crippen MR) is 53.0 cm³/mol. The summed E-state index contributed by atoms with van der Waals surface area (Å²) < 4.78 is 29.0. The van der Waals surface area contributed by atoms with E-state index in [4.69, 9.17) is 0 Å². The fourth-order valence-electron chi connectivity index (χ4n) is 0.387. The maximum absolute atomic E-state index is 9.33. The van der Waals surface area contributed by atoms with Crippen molar-refractivity contribution in [3.05, 3.63) is 24.6 Å². The van der Waals surface area contributed by atoms with E-state index in [0.29, 0.717) is 5.41 Å². The van der Waals surface area contributed by atoms with Gasteiger partial charge in [-0.05, 0) is 6.08 Å². The second kappa shape index (κ2) is 5.90. The minimum absolute atomic E-state index is 0.354. The molecule has 0 aromatic rings. The lowest BCUT2D eigenvalue weighted by molar-refractivity contribution is -0.864. The minimum Gasteiger partial charge on any atom is -0.745 e. The molecule has 0 amide bonds. The van der Waals surface area contributed by atoms with Crippen molar-refractivity contribution in [3.63, 3.8) is 0 Å². The third-order valence-corrected chi connectivity index (χ3v) is 1.29. The molecule has 0 bridgehead atoms. The van der Waals surface area contributed by atoms with Crippen LogP contribution in [0.3, 0.4) is 0 Å². The molecule has 0 aliphatic heterocycles. The monoisotopic (exact) mass is 207 g/mol. The van der Waals surface area contributed by atoms with Crippen molar-refractivity contribution in [1.29, 1.82) is 0 Å². The molecule has 0 saturated carbocycles. The van der Waals surface area contributed by atoms with Crippen LogP contribution in [0.4, 0.5) is 0 Å². The highest BCUT2D eigenvalue weighted by Crippen LogP contribution is 1.86. The van der Waals surface area contributed by atoms with Gasteiger partial charge in [-0.15, -0.1) is 0 Å². The fourth-order valence-corrected chi connectivity index (χ4v) is 0.387. The standard InChI is InChI=1S/C6H14N.C2H4O3S/c1-5-6-7(2,3)4;1-2-6(3,4)5/h5H,1,6H2,2-4H3;2H,1H2,(H,3,4,5)/q+1;/p-1. The molecule has 0 spiro atoms. The first-order chi connectivity index (χ1) is 5.62. The van der Waals surface area contributed by atoms with Gasteiger partial charge in [-0.1, -0.05) is 13.2 Å². The second-order valence-corrected chi connectivity index (χ2v) is 4.74. The lowest BCUT2D eigenvalue weighted by atomic mass is 10.5. The topological polar surface area (TPSA) is 57.2 Å². The van der Waals surface area contributed by atoms with Crippen molar-refractivity contribution in [2.75, 3.05) is 27.7 Å². The van der Waals surface area contributed by atoms with E-state index in [1.54, 1.807) is 0 Å². The number of rotatable bonds is 3.